The Morgan fingerprint density at radius 2 is 2.10 bits per heavy atom. The van der Waals surface area contributed by atoms with E-state index in [4.69, 9.17) is 5.11 Å². The molecule has 0 radical (unpaired) electrons. The van der Waals surface area contributed by atoms with E-state index in [2.05, 4.69) is 16.7 Å². The molecule has 1 saturated carbocycles. The number of carboxylic acids is 1. The quantitative estimate of drug-likeness (QED) is 0.751. The maximum absolute atomic E-state index is 11.9. The largest absolute Gasteiger partial charge is 0.481 e. The highest BCUT2D eigenvalue weighted by atomic mass is 16.4. The number of hydrogen-bond acceptors (Lipinski definition) is 2. The zero-order valence-electron chi connectivity index (χ0n) is 12.3. The van der Waals surface area contributed by atoms with Gasteiger partial charge in [-0.15, -0.1) is 0 Å². The van der Waals surface area contributed by atoms with Crippen LogP contribution in [0.3, 0.4) is 0 Å². The number of urea groups is 1. The number of rotatable bonds is 6. The van der Waals surface area contributed by atoms with Crippen molar-refractivity contribution in [3.05, 3.63) is 35.4 Å². The second-order valence-corrected chi connectivity index (χ2v) is 5.82. The molecule has 1 aliphatic carbocycles. The molecule has 0 aliphatic heterocycles. The van der Waals surface area contributed by atoms with E-state index in [0.29, 0.717) is 6.54 Å². The number of carboxylic acid groups (broad SMARTS) is 1. The lowest BCUT2D eigenvalue weighted by Gasteiger charge is -2.41. The normalized spacial score (nSPS) is 15.9. The molecule has 114 valence electrons. The van der Waals surface area contributed by atoms with E-state index >= 15 is 0 Å². The van der Waals surface area contributed by atoms with Crippen molar-refractivity contribution < 1.29 is 14.7 Å². The Morgan fingerprint density at radius 3 is 2.67 bits per heavy atom. The molecule has 0 spiro atoms. The summed E-state index contributed by atoms with van der Waals surface area (Å²) in [4.78, 5) is 22.7. The van der Waals surface area contributed by atoms with Crippen molar-refractivity contribution in [3.8, 4) is 0 Å². The Balaban J connectivity index is 1.76. The van der Waals surface area contributed by atoms with Crippen LogP contribution in [0.2, 0.25) is 0 Å². The van der Waals surface area contributed by atoms with Gasteiger partial charge in [0.25, 0.3) is 0 Å². The van der Waals surface area contributed by atoms with Crippen molar-refractivity contribution in [3.63, 3.8) is 0 Å². The fourth-order valence-electron chi connectivity index (χ4n) is 2.71. The molecule has 2 rings (SSSR count). The summed E-state index contributed by atoms with van der Waals surface area (Å²) in [5.74, 6) is -0.866. The Hall–Kier alpha value is -2.04. The van der Waals surface area contributed by atoms with E-state index in [1.165, 1.54) is 11.1 Å². The molecule has 0 atom stereocenters. The average Bonchev–Trinajstić information content (AvgIpc) is 2.35. The van der Waals surface area contributed by atoms with Gasteiger partial charge in [-0.3, -0.25) is 4.79 Å². The minimum atomic E-state index is -0.866. The standard InChI is InChI=1S/C16H22N2O3/c1-12-4-2-5-13(10-12)6-9-17-15(21)18-16(7-3-8-16)11-14(19)20/h2,4-5,10H,3,6-9,11H2,1H3,(H,19,20)(H2,17,18,21). The van der Waals surface area contributed by atoms with Crippen LogP contribution in [0.1, 0.15) is 36.8 Å². The molecule has 0 unspecified atom stereocenters. The molecule has 5 heteroatoms. The highest BCUT2D eigenvalue weighted by Crippen LogP contribution is 2.34. The first kappa shape index (κ1) is 15.4. The van der Waals surface area contributed by atoms with E-state index in [-0.39, 0.29) is 12.5 Å². The molecule has 1 aliphatic rings. The lowest BCUT2D eigenvalue weighted by molar-refractivity contribution is -0.139. The Morgan fingerprint density at radius 1 is 1.33 bits per heavy atom. The van der Waals surface area contributed by atoms with Crippen molar-refractivity contribution in [2.45, 2.75) is 44.6 Å². The van der Waals surface area contributed by atoms with E-state index in [1.807, 2.05) is 25.1 Å². The van der Waals surface area contributed by atoms with E-state index in [1.54, 1.807) is 0 Å². The third-order valence-electron chi connectivity index (χ3n) is 3.96. The summed E-state index contributed by atoms with van der Waals surface area (Å²) in [6.45, 7) is 2.58. The summed E-state index contributed by atoms with van der Waals surface area (Å²) >= 11 is 0. The first-order valence-corrected chi connectivity index (χ1v) is 7.32. The zero-order chi connectivity index (χ0) is 15.3. The predicted octanol–water partition coefficient (Wildman–Crippen LogP) is 2.23. The van der Waals surface area contributed by atoms with E-state index in [9.17, 15) is 9.59 Å². The van der Waals surface area contributed by atoms with Crippen LogP contribution in [0.5, 0.6) is 0 Å². The van der Waals surface area contributed by atoms with Crippen LogP contribution >= 0.6 is 0 Å². The summed E-state index contributed by atoms with van der Waals surface area (Å²) in [6.07, 6.45) is 3.21. The molecular formula is C16H22N2O3. The summed E-state index contributed by atoms with van der Waals surface area (Å²) < 4.78 is 0. The highest BCUT2D eigenvalue weighted by molar-refractivity contribution is 5.77. The summed E-state index contributed by atoms with van der Waals surface area (Å²) in [5.41, 5.74) is 1.84. The monoisotopic (exact) mass is 290 g/mol. The number of hydrogen-bond donors (Lipinski definition) is 3. The van der Waals surface area contributed by atoms with Crippen LogP contribution in [0.15, 0.2) is 24.3 Å². The molecule has 0 heterocycles. The second-order valence-electron chi connectivity index (χ2n) is 5.82. The van der Waals surface area contributed by atoms with Crippen molar-refractivity contribution in [1.29, 1.82) is 0 Å². The second kappa shape index (κ2) is 6.61. The number of amides is 2. The Kier molecular flexibility index (Phi) is 4.83. The van der Waals surface area contributed by atoms with E-state index < -0.39 is 11.5 Å². The predicted molar refractivity (Wildman–Crippen MR) is 80.3 cm³/mol. The van der Waals surface area contributed by atoms with Crippen LogP contribution in [0.4, 0.5) is 4.79 Å². The maximum atomic E-state index is 11.9. The van der Waals surface area contributed by atoms with E-state index in [0.717, 1.165) is 25.7 Å². The van der Waals surface area contributed by atoms with Gasteiger partial charge in [0, 0.05) is 6.54 Å². The maximum Gasteiger partial charge on any atom is 0.315 e. The molecule has 2 amide bonds. The number of benzene rings is 1. The highest BCUT2D eigenvalue weighted by Gasteiger charge is 2.40. The topological polar surface area (TPSA) is 78.4 Å². The van der Waals surface area contributed by atoms with Crippen LogP contribution in [-0.4, -0.2) is 29.2 Å². The number of aliphatic carboxylic acids is 1. The lowest BCUT2D eigenvalue weighted by Crippen LogP contribution is -2.57. The fourth-order valence-corrected chi connectivity index (χ4v) is 2.71. The Labute approximate surface area is 124 Å². The smallest absolute Gasteiger partial charge is 0.315 e. The van der Waals surface area contributed by atoms with Gasteiger partial charge in [0.05, 0.1) is 12.0 Å². The molecule has 3 N–H and O–H groups in total. The Bertz CT molecular complexity index is 524. The minimum Gasteiger partial charge on any atom is -0.481 e. The molecule has 0 saturated heterocycles. The van der Waals surface area contributed by atoms with Crippen LogP contribution < -0.4 is 10.6 Å². The van der Waals surface area contributed by atoms with Gasteiger partial charge in [-0.2, -0.15) is 0 Å². The first-order valence-electron chi connectivity index (χ1n) is 7.32. The van der Waals surface area contributed by atoms with Crippen LogP contribution in [0.25, 0.3) is 0 Å². The van der Waals surface area contributed by atoms with Gasteiger partial charge < -0.3 is 15.7 Å². The molecule has 5 nitrogen and oxygen atoms in total. The third kappa shape index (κ3) is 4.48. The van der Waals surface area contributed by atoms with Crippen molar-refractivity contribution in [2.24, 2.45) is 0 Å². The van der Waals surface area contributed by atoms with Gasteiger partial charge in [0.1, 0.15) is 0 Å². The zero-order valence-corrected chi connectivity index (χ0v) is 12.3. The molecular weight excluding hydrogens is 268 g/mol. The number of carbonyl (C=O) groups excluding carboxylic acids is 1. The molecule has 0 aromatic heterocycles. The van der Waals surface area contributed by atoms with Crippen molar-refractivity contribution in [2.75, 3.05) is 6.54 Å². The van der Waals surface area contributed by atoms with Gasteiger partial charge in [-0.25, -0.2) is 4.79 Å². The van der Waals surface area contributed by atoms with Crippen molar-refractivity contribution in [1.82, 2.24) is 10.6 Å². The minimum absolute atomic E-state index is 0.00169. The molecule has 1 fully saturated rings. The van der Waals surface area contributed by atoms with Gasteiger partial charge in [-0.05, 0) is 38.2 Å². The van der Waals surface area contributed by atoms with Crippen LogP contribution in [0, 0.1) is 6.92 Å². The molecule has 1 aromatic rings. The molecule has 21 heavy (non-hydrogen) atoms. The van der Waals surface area contributed by atoms with Crippen LogP contribution in [-0.2, 0) is 11.2 Å². The first-order chi connectivity index (χ1) is 9.99. The summed E-state index contributed by atoms with van der Waals surface area (Å²) in [6, 6.07) is 7.89. The van der Waals surface area contributed by atoms with Gasteiger partial charge in [-0.1, -0.05) is 29.8 Å². The fraction of sp³-hybridized carbons (Fsp3) is 0.500. The number of nitrogens with one attached hydrogen (secondary N) is 2. The summed E-state index contributed by atoms with van der Waals surface area (Å²) in [5, 5.41) is 14.5. The van der Waals surface area contributed by atoms with Gasteiger partial charge in [0.2, 0.25) is 0 Å². The number of carbonyl (C=O) groups is 2. The third-order valence-corrected chi connectivity index (χ3v) is 3.96. The van der Waals surface area contributed by atoms with Gasteiger partial charge in [0.15, 0.2) is 0 Å². The number of aryl methyl sites for hydroxylation is 1. The molecule has 0 bridgehead atoms. The molecule has 1 aromatic carbocycles. The SMILES string of the molecule is Cc1cccc(CCNC(=O)NC2(CC(=O)O)CCC2)c1. The lowest BCUT2D eigenvalue weighted by atomic mass is 9.74. The van der Waals surface area contributed by atoms with Crippen molar-refractivity contribution >= 4 is 12.0 Å². The summed E-state index contributed by atoms with van der Waals surface area (Å²) in [7, 11) is 0. The van der Waals surface area contributed by atoms with Gasteiger partial charge >= 0.3 is 12.0 Å². The average molecular weight is 290 g/mol.